The highest BCUT2D eigenvalue weighted by molar-refractivity contribution is 5.85. The zero-order chi connectivity index (χ0) is 30.2. The second kappa shape index (κ2) is 19.3. The molecule has 4 rings (SSSR count). The third kappa shape index (κ3) is 12.8. The first-order chi connectivity index (χ1) is 20.3. The predicted octanol–water partition coefficient (Wildman–Crippen LogP) is 6.57. The number of benzene rings is 4. The Hall–Kier alpha value is -3.97. The minimum Gasteiger partial charge on any atom is -0.463 e. The number of nitrogens with zero attached hydrogens (tertiary/aromatic N) is 2. The van der Waals surface area contributed by atoms with E-state index in [4.69, 9.17) is 9.47 Å². The Morgan fingerprint density at radius 2 is 0.791 bits per heavy atom. The maximum atomic E-state index is 11.9. The van der Waals surface area contributed by atoms with Crippen molar-refractivity contribution in [2.24, 2.45) is 0 Å². The van der Waals surface area contributed by atoms with Crippen LogP contribution in [0.4, 0.5) is 0 Å². The maximum Gasteiger partial charge on any atom is 0.310 e. The molecule has 0 spiro atoms. The Kier molecular flexibility index (Phi) is 15.8. The molecule has 0 saturated carbocycles. The fraction of sp³-hybridized carbons (Fsp3) is 0.278. The van der Waals surface area contributed by atoms with Gasteiger partial charge in [0.1, 0.15) is 13.2 Å². The van der Waals surface area contributed by atoms with Gasteiger partial charge < -0.3 is 9.47 Å². The Balaban J connectivity index is 0.000000293. The average molecular weight is 603 g/mol. The lowest BCUT2D eigenvalue weighted by atomic mass is 10.1. The molecule has 0 N–H and O–H groups in total. The van der Waals surface area contributed by atoms with E-state index in [1.165, 1.54) is 0 Å². The van der Waals surface area contributed by atoms with Gasteiger partial charge in [0.2, 0.25) is 0 Å². The van der Waals surface area contributed by atoms with Gasteiger partial charge >= 0.3 is 11.9 Å². The van der Waals surface area contributed by atoms with Gasteiger partial charge in [-0.1, -0.05) is 121 Å². The fourth-order valence-electron chi connectivity index (χ4n) is 4.41. The Labute approximate surface area is 262 Å². The number of hydrogen-bond acceptors (Lipinski definition) is 6. The van der Waals surface area contributed by atoms with Crippen molar-refractivity contribution in [2.75, 3.05) is 41.4 Å². The van der Waals surface area contributed by atoms with E-state index in [1.54, 1.807) is 0 Å². The Bertz CT molecular complexity index is 1220. The van der Waals surface area contributed by atoms with Gasteiger partial charge in [0.15, 0.2) is 0 Å². The van der Waals surface area contributed by atoms with Crippen LogP contribution < -0.4 is 0 Å². The lowest BCUT2D eigenvalue weighted by Crippen LogP contribution is -2.26. The summed E-state index contributed by atoms with van der Waals surface area (Å²) in [5, 5.41) is 0. The summed E-state index contributed by atoms with van der Waals surface area (Å²) in [6.45, 7) is 0.728. The van der Waals surface area contributed by atoms with Crippen LogP contribution in [-0.2, 0) is 31.9 Å². The quantitative estimate of drug-likeness (QED) is 0.171. The van der Waals surface area contributed by atoms with E-state index in [1.807, 2.05) is 125 Å². The Morgan fingerprint density at radius 1 is 0.512 bits per heavy atom. The minimum atomic E-state index is -0.191. The number of esters is 2. The number of rotatable bonds is 12. The summed E-state index contributed by atoms with van der Waals surface area (Å²) in [7, 11) is 7.96. The summed E-state index contributed by atoms with van der Waals surface area (Å²) < 4.78 is 10.9. The first-order valence-corrected chi connectivity index (χ1v) is 14.1. The van der Waals surface area contributed by atoms with Gasteiger partial charge in [-0.2, -0.15) is 0 Å². The molecule has 0 aliphatic heterocycles. The number of carbonyl (C=O) groups is 2. The van der Waals surface area contributed by atoms with Crippen molar-refractivity contribution in [3.05, 3.63) is 144 Å². The molecule has 0 radical (unpaired) electrons. The minimum absolute atomic E-state index is 0. The predicted molar refractivity (Wildman–Crippen MR) is 175 cm³/mol. The first-order valence-electron chi connectivity index (χ1n) is 14.1. The Morgan fingerprint density at radius 3 is 1.07 bits per heavy atom. The molecule has 0 fully saturated rings. The smallest absolute Gasteiger partial charge is 0.310 e. The van der Waals surface area contributed by atoms with Gasteiger partial charge in [0, 0.05) is 0 Å². The van der Waals surface area contributed by atoms with Crippen LogP contribution >= 0.6 is 12.4 Å². The van der Waals surface area contributed by atoms with Gasteiger partial charge in [0.05, 0.1) is 24.9 Å². The van der Waals surface area contributed by atoms with Crippen LogP contribution in [0.1, 0.15) is 34.3 Å². The zero-order valence-corrected chi connectivity index (χ0v) is 26.3. The van der Waals surface area contributed by atoms with E-state index in [0.717, 1.165) is 22.3 Å². The lowest BCUT2D eigenvalue weighted by molar-refractivity contribution is -0.145. The summed E-state index contributed by atoms with van der Waals surface area (Å²) in [6, 6.07) is 39.6. The molecule has 7 heteroatoms. The number of ether oxygens (including phenoxy) is 2. The van der Waals surface area contributed by atoms with Crippen molar-refractivity contribution in [2.45, 2.75) is 24.9 Å². The van der Waals surface area contributed by atoms with Crippen molar-refractivity contribution in [1.82, 2.24) is 9.80 Å². The molecule has 0 amide bonds. The molecule has 2 unspecified atom stereocenters. The maximum absolute atomic E-state index is 11.9. The summed E-state index contributed by atoms with van der Waals surface area (Å²) in [4.78, 5) is 28.0. The normalized spacial score (nSPS) is 11.9. The summed E-state index contributed by atoms with van der Waals surface area (Å²) in [5.41, 5.74) is 4.25. The third-order valence-corrected chi connectivity index (χ3v) is 6.80. The van der Waals surface area contributed by atoms with Crippen molar-refractivity contribution in [3.8, 4) is 0 Å². The van der Waals surface area contributed by atoms with Crippen molar-refractivity contribution in [1.29, 1.82) is 0 Å². The molecular formula is C36H43ClN2O4. The van der Waals surface area contributed by atoms with Gasteiger partial charge in [-0.25, -0.2) is 0 Å². The molecular weight excluding hydrogens is 560 g/mol. The SMILES string of the molecule is CN(C)C(COC(=O)Cc1ccccc1)c1ccccc1.CN(C)C(COC(=O)Cc1ccccc1)c1ccccc1.Cl. The van der Waals surface area contributed by atoms with Crippen LogP contribution in [0.2, 0.25) is 0 Å². The van der Waals surface area contributed by atoms with E-state index >= 15 is 0 Å². The topological polar surface area (TPSA) is 59.1 Å². The summed E-state index contributed by atoms with van der Waals surface area (Å²) in [6.07, 6.45) is 0.631. The summed E-state index contributed by atoms with van der Waals surface area (Å²) >= 11 is 0. The highest BCUT2D eigenvalue weighted by Gasteiger charge is 2.17. The van der Waals surface area contributed by atoms with Crippen LogP contribution in [0, 0.1) is 0 Å². The molecule has 0 aliphatic carbocycles. The monoisotopic (exact) mass is 602 g/mol. The molecule has 0 aliphatic rings. The van der Waals surface area contributed by atoms with E-state index < -0.39 is 0 Å². The van der Waals surface area contributed by atoms with Gasteiger partial charge in [-0.15, -0.1) is 12.4 Å². The van der Waals surface area contributed by atoms with Gasteiger partial charge in [-0.05, 0) is 50.4 Å². The van der Waals surface area contributed by atoms with E-state index in [2.05, 4.69) is 34.1 Å². The zero-order valence-electron chi connectivity index (χ0n) is 25.5. The molecule has 0 saturated heterocycles. The second-order valence-electron chi connectivity index (χ2n) is 10.5. The molecule has 43 heavy (non-hydrogen) atoms. The molecule has 228 valence electrons. The highest BCUT2D eigenvalue weighted by Crippen LogP contribution is 2.19. The van der Waals surface area contributed by atoms with Crippen molar-refractivity contribution in [3.63, 3.8) is 0 Å². The van der Waals surface area contributed by atoms with Crippen LogP contribution in [0.25, 0.3) is 0 Å². The number of hydrogen-bond donors (Lipinski definition) is 0. The van der Waals surface area contributed by atoms with E-state index in [9.17, 15) is 9.59 Å². The molecule has 0 heterocycles. The largest absolute Gasteiger partial charge is 0.463 e. The number of carbonyl (C=O) groups excluding carboxylic acids is 2. The molecule has 4 aromatic carbocycles. The standard InChI is InChI=1S/2C18H21NO2.ClH/c2*1-19(2)17(16-11-7-4-8-12-16)14-21-18(20)13-15-9-5-3-6-10-15;/h2*3-12,17H,13-14H2,1-2H3;1H. The van der Waals surface area contributed by atoms with Crippen LogP contribution in [-0.4, -0.2) is 63.1 Å². The highest BCUT2D eigenvalue weighted by atomic mass is 35.5. The van der Waals surface area contributed by atoms with Gasteiger partial charge in [0.25, 0.3) is 0 Å². The molecule has 4 aromatic rings. The molecule has 6 nitrogen and oxygen atoms in total. The fourth-order valence-corrected chi connectivity index (χ4v) is 4.41. The number of halogens is 1. The van der Waals surface area contributed by atoms with E-state index in [0.29, 0.717) is 26.1 Å². The number of likely N-dealkylation sites (N-methyl/N-ethyl adjacent to an activating group) is 2. The second-order valence-corrected chi connectivity index (χ2v) is 10.5. The lowest BCUT2D eigenvalue weighted by Gasteiger charge is -2.24. The molecule has 0 aromatic heterocycles. The molecule has 2 atom stereocenters. The van der Waals surface area contributed by atoms with Crippen LogP contribution in [0.15, 0.2) is 121 Å². The van der Waals surface area contributed by atoms with Crippen LogP contribution in [0.3, 0.4) is 0 Å². The van der Waals surface area contributed by atoms with E-state index in [-0.39, 0.29) is 36.4 Å². The van der Waals surface area contributed by atoms with Crippen LogP contribution in [0.5, 0.6) is 0 Å². The average Bonchev–Trinajstić information content (AvgIpc) is 2.99. The van der Waals surface area contributed by atoms with Gasteiger partial charge in [-0.3, -0.25) is 19.4 Å². The summed E-state index contributed by atoms with van der Waals surface area (Å²) in [5.74, 6) is -0.382. The molecule has 0 bridgehead atoms. The first kappa shape index (κ1) is 35.2. The van der Waals surface area contributed by atoms with Crippen molar-refractivity contribution >= 4 is 24.3 Å². The van der Waals surface area contributed by atoms with Crippen molar-refractivity contribution < 1.29 is 19.1 Å². The third-order valence-electron chi connectivity index (χ3n) is 6.80.